The monoisotopic (exact) mass is 306 g/mol. The van der Waals surface area contributed by atoms with Gasteiger partial charge in [-0.2, -0.15) is 0 Å². The van der Waals surface area contributed by atoms with Crippen molar-refractivity contribution in [3.05, 3.63) is 30.9 Å². The standard InChI is InChI=1S/C16H22N2O4/c1-6-9-17-14(19)16(2,3)15(20)18-12-8-7-11(21-4)10-13(12)22-5/h6-8,10H,1,9H2,2-5H3,(H,17,19)(H,18,20). The molecule has 1 aromatic carbocycles. The number of hydrogen-bond donors (Lipinski definition) is 2. The van der Waals surface area contributed by atoms with Crippen LogP contribution in [0.4, 0.5) is 5.69 Å². The topological polar surface area (TPSA) is 76.7 Å². The summed E-state index contributed by atoms with van der Waals surface area (Å²) < 4.78 is 10.3. The van der Waals surface area contributed by atoms with Gasteiger partial charge in [0.25, 0.3) is 0 Å². The third-order valence-electron chi connectivity index (χ3n) is 3.20. The summed E-state index contributed by atoms with van der Waals surface area (Å²) in [6.45, 7) is 6.93. The predicted molar refractivity (Wildman–Crippen MR) is 85.2 cm³/mol. The Bertz CT molecular complexity index is 567. The summed E-state index contributed by atoms with van der Waals surface area (Å²) >= 11 is 0. The zero-order valence-electron chi connectivity index (χ0n) is 13.4. The van der Waals surface area contributed by atoms with Crippen molar-refractivity contribution < 1.29 is 19.1 Å². The maximum atomic E-state index is 12.4. The van der Waals surface area contributed by atoms with Crippen LogP contribution in [0.5, 0.6) is 11.5 Å². The Morgan fingerprint density at radius 3 is 2.45 bits per heavy atom. The predicted octanol–water partition coefficient (Wildman–Crippen LogP) is 1.97. The second-order valence-corrected chi connectivity index (χ2v) is 5.14. The number of carbonyl (C=O) groups is 2. The molecule has 2 N–H and O–H groups in total. The van der Waals surface area contributed by atoms with E-state index < -0.39 is 11.3 Å². The first-order valence-corrected chi connectivity index (χ1v) is 6.79. The van der Waals surface area contributed by atoms with Crippen LogP contribution in [0.3, 0.4) is 0 Å². The smallest absolute Gasteiger partial charge is 0.239 e. The van der Waals surface area contributed by atoms with Crippen LogP contribution < -0.4 is 20.1 Å². The molecule has 0 unspecified atom stereocenters. The van der Waals surface area contributed by atoms with Crippen molar-refractivity contribution in [2.75, 3.05) is 26.1 Å². The summed E-state index contributed by atoms with van der Waals surface area (Å²) in [5.41, 5.74) is -0.758. The molecule has 0 aliphatic rings. The van der Waals surface area contributed by atoms with Gasteiger partial charge in [0.2, 0.25) is 11.8 Å². The third-order valence-corrected chi connectivity index (χ3v) is 3.20. The van der Waals surface area contributed by atoms with Crippen LogP contribution in [0.15, 0.2) is 30.9 Å². The van der Waals surface area contributed by atoms with Crippen LogP contribution in [-0.2, 0) is 9.59 Å². The number of hydrogen-bond acceptors (Lipinski definition) is 4. The fourth-order valence-electron chi connectivity index (χ4n) is 1.67. The minimum absolute atomic E-state index is 0.307. The fraction of sp³-hybridized carbons (Fsp3) is 0.375. The number of amides is 2. The number of methoxy groups -OCH3 is 2. The maximum absolute atomic E-state index is 12.4. The molecule has 1 aromatic rings. The lowest BCUT2D eigenvalue weighted by Crippen LogP contribution is -2.45. The molecule has 0 fully saturated rings. The lowest BCUT2D eigenvalue weighted by Gasteiger charge is -2.23. The molecular formula is C16H22N2O4. The summed E-state index contributed by atoms with van der Waals surface area (Å²) in [5.74, 6) is 0.253. The van der Waals surface area contributed by atoms with Gasteiger partial charge in [0.05, 0.1) is 19.9 Å². The van der Waals surface area contributed by atoms with Gasteiger partial charge in [-0.05, 0) is 26.0 Å². The number of anilines is 1. The Balaban J connectivity index is 2.91. The minimum Gasteiger partial charge on any atom is -0.497 e. The molecule has 2 amide bonds. The van der Waals surface area contributed by atoms with Crippen molar-refractivity contribution in [2.45, 2.75) is 13.8 Å². The van der Waals surface area contributed by atoms with E-state index in [0.29, 0.717) is 23.7 Å². The molecule has 0 aromatic heterocycles. The van der Waals surface area contributed by atoms with Gasteiger partial charge < -0.3 is 20.1 Å². The van der Waals surface area contributed by atoms with Crippen molar-refractivity contribution >= 4 is 17.5 Å². The Kier molecular flexibility index (Phi) is 5.98. The van der Waals surface area contributed by atoms with Crippen molar-refractivity contribution in [1.82, 2.24) is 5.32 Å². The van der Waals surface area contributed by atoms with Gasteiger partial charge in [0, 0.05) is 12.6 Å². The van der Waals surface area contributed by atoms with Crippen molar-refractivity contribution in [1.29, 1.82) is 0 Å². The van der Waals surface area contributed by atoms with Crippen molar-refractivity contribution in [2.24, 2.45) is 5.41 Å². The highest BCUT2D eigenvalue weighted by Crippen LogP contribution is 2.30. The number of ether oxygens (including phenoxy) is 2. The van der Waals surface area contributed by atoms with Crippen LogP contribution in [0.25, 0.3) is 0 Å². The highest BCUT2D eigenvalue weighted by molar-refractivity contribution is 6.10. The summed E-state index contributed by atoms with van der Waals surface area (Å²) in [6.07, 6.45) is 1.55. The molecule has 0 heterocycles. The summed E-state index contributed by atoms with van der Waals surface area (Å²) in [6, 6.07) is 5.01. The van der Waals surface area contributed by atoms with E-state index in [9.17, 15) is 9.59 Å². The van der Waals surface area contributed by atoms with Gasteiger partial charge in [-0.15, -0.1) is 6.58 Å². The largest absolute Gasteiger partial charge is 0.497 e. The van der Waals surface area contributed by atoms with E-state index in [1.54, 1.807) is 45.2 Å². The first-order valence-electron chi connectivity index (χ1n) is 6.79. The Hall–Kier alpha value is -2.50. The molecule has 0 saturated heterocycles. The van der Waals surface area contributed by atoms with E-state index in [2.05, 4.69) is 17.2 Å². The quantitative estimate of drug-likeness (QED) is 0.596. The Labute approximate surface area is 130 Å². The molecule has 1 rings (SSSR count). The highest BCUT2D eigenvalue weighted by atomic mass is 16.5. The normalized spacial score (nSPS) is 10.5. The molecular weight excluding hydrogens is 284 g/mol. The molecule has 0 aliphatic carbocycles. The molecule has 22 heavy (non-hydrogen) atoms. The average molecular weight is 306 g/mol. The number of nitrogens with one attached hydrogen (secondary N) is 2. The molecule has 6 nitrogen and oxygen atoms in total. The Morgan fingerprint density at radius 2 is 1.91 bits per heavy atom. The van der Waals surface area contributed by atoms with E-state index in [4.69, 9.17) is 9.47 Å². The zero-order valence-corrected chi connectivity index (χ0v) is 13.4. The number of benzene rings is 1. The van der Waals surface area contributed by atoms with Crippen LogP contribution in [0, 0.1) is 5.41 Å². The lowest BCUT2D eigenvalue weighted by atomic mass is 9.91. The second kappa shape index (κ2) is 7.49. The molecule has 0 spiro atoms. The molecule has 6 heteroatoms. The SMILES string of the molecule is C=CCNC(=O)C(C)(C)C(=O)Nc1ccc(OC)cc1OC. The number of rotatable bonds is 7. The van der Waals surface area contributed by atoms with E-state index in [1.807, 2.05) is 0 Å². The van der Waals surface area contributed by atoms with E-state index in [1.165, 1.54) is 7.11 Å². The third kappa shape index (κ3) is 4.00. The van der Waals surface area contributed by atoms with Crippen molar-refractivity contribution in [3.63, 3.8) is 0 Å². The molecule has 120 valence electrons. The van der Waals surface area contributed by atoms with Gasteiger partial charge in [-0.1, -0.05) is 6.08 Å². The number of carbonyl (C=O) groups excluding carboxylic acids is 2. The first-order chi connectivity index (χ1) is 10.4. The van der Waals surface area contributed by atoms with Gasteiger partial charge in [-0.25, -0.2) is 0 Å². The molecule has 0 aliphatic heterocycles. The van der Waals surface area contributed by atoms with Crippen LogP contribution in [-0.4, -0.2) is 32.6 Å². The second-order valence-electron chi connectivity index (χ2n) is 5.14. The van der Waals surface area contributed by atoms with Gasteiger partial charge in [0.1, 0.15) is 16.9 Å². The fourth-order valence-corrected chi connectivity index (χ4v) is 1.67. The van der Waals surface area contributed by atoms with E-state index >= 15 is 0 Å². The summed E-state index contributed by atoms with van der Waals surface area (Å²) in [4.78, 5) is 24.4. The first kappa shape index (κ1) is 17.6. The average Bonchev–Trinajstić information content (AvgIpc) is 2.52. The van der Waals surface area contributed by atoms with Gasteiger partial charge in [0.15, 0.2) is 0 Å². The molecule has 0 atom stereocenters. The summed E-state index contributed by atoms with van der Waals surface area (Å²) in [7, 11) is 3.03. The minimum atomic E-state index is -1.23. The maximum Gasteiger partial charge on any atom is 0.239 e. The highest BCUT2D eigenvalue weighted by Gasteiger charge is 2.36. The Morgan fingerprint density at radius 1 is 1.23 bits per heavy atom. The lowest BCUT2D eigenvalue weighted by molar-refractivity contribution is -0.138. The summed E-state index contributed by atoms with van der Waals surface area (Å²) in [5, 5.41) is 5.32. The van der Waals surface area contributed by atoms with Gasteiger partial charge >= 0.3 is 0 Å². The van der Waals surface area contributed by atoms with Crippen LogP contribution in [0.1, 0.15) is 13.8 Å². The molecule has 0 radical (unpaired) electrons. The van der Waals surface area contributed by atoms with Gasteiger partial charge in [-0.3, -0.25) is 9.59 Å². The molecule has 0 saturated carbocycles. The zero-order chi connectivity index (χ0) is 16.8. The van der Waals surface area contributed by atoms with Crippen LogP contribution in [0.2, 0.25) is 0 Å². The molecule has 0 bridgehead atoms. The van der Waals surface area contributed by atoms with Crippen molar-refractivity contribution in [3.8, 4) is 11.5 Å². The van der Waals surface area contributed by atoms with Crippen LogP contribution >= 0.6 is 0 Å². The van der Waals surface area contributed by atoms with E-state index in [0.717, 1.165) is 0 Å². The van der Waals surface area contributed by atoms with E-state index in [-0.39, 0.29) is 5.91 Å².